The van der Waals surface area contributed by atoms with Crippen molar-refractivity contribution in [1.82, 2.24) is 5.32 Å². The minimum absolute atomic E-state index is 0.0161. The summed E-state index contributed by atoms with van der Waals surface area (Å²) in [7, 11) is 1.67. The van der Waals surface area contributed by atoms with E-state index in [0.29, 0.717) is 6.42 Å². The van der Waals surface area contributed by atoms with Gasteiger partial charge in [0.15, 0.2) is 0 Å². The van der Waals surface area contributed by atoms with Gasteiger partial charge in [-0.1, -0.05) is 69.3 Å². The number of hydrogen-bond acceptors (Lipinski definition) is 2. The van der Waals surface area contributed by atoms with Crippen molar-refractivity contribution < 1.29 is 9.53 Å². The van der Waals surface area contributed by atoms with E-state index >= 15 is 0 Å². The number of carbonyl (C=O) groups excluding carboxylic acids is 1. The second kappa shape index (κ2) is 8.88. The van der Waals surface area contributed by atoms with Gasteiger partial charge in [0.25, 0.3) is 0 Å². The van der Waals surface area contributed by atoms with Gasteiger partial charge in [-0.3, -0.25) is 4.79 Å². The predicted octanol–water partition coefficient (Wildman–Crippen LogP) is 5.06. The molecule has 0 spiro atoms. The molecule has 0 fully saturated rings. The number of amides is 1. The first-order chi connectivity index (χ1) is 12.3. The van der Waals surface area contributed by atoms with Crippen molar-refractivity contribution in [3.05, 3.63) is 65.7 Å². The molecule has 3 heteroatoms. The van der Waals surface area contributed by atoms with Gasteiger partial charge < -0.3 is 10.1 Å². The van der Waals surface area contributed by atoms with Gasteiger partial charge in [-0.05, 0) is 41.9 Å². The molecule has 2 rings (SSSR count). The lowest BCUT2D eigenvalue weighted by molar-refractivity contribution is -0.122. The van der Waals surface area contributed by atoms with E-state index in [2.05, 4.69) is 57.3 Å². The van der Waals surface area contributed by atoms with Crippen molar-refractivity contribution in [2.75, 3.05) is 7.11 Å². The molecule has 0 radical (unpaired) electrons. The molecule has 0 saturated carbocycles. The second-order valence-corrected chi connectivity index (χ2v) is 7.77. The molecule has 0 aliphatic rings. The van der Waals surface area contributed by atoms with Crippen LogP contribution in [0.4, 0.5) is 0 Å². The first-order valence-corrected chi connectivity index (χ1v) is 9.31. The molecular weight excluding hydrogens is 322 g/mol. The Morgan fingerprint density at radius 3 is 2.31 bits per heavy atom. The number of methoxy groups -OCH3 is 1. The third-order valence-corrected chi connectivity index (χ3v) is 4.94. The fourth-order valence-electron chi connectivity index (χ4n) is 3.62. The highest BCUT2D eigenvalue weighted by molar-refractivity contribution is 5.77. The first kappa shape index (κ1) is 20.0. The molecule has 0 heterocycles. The molecule has 1 N–H and O–H groups in total. The van der Waals surface area contributed by atoms with Crippen LogP contribution >= 0.6 is 0 Å². The van der Waals surface area contributed by atoms with Crippen LogP contribution < -0.4 is 10.1 Å². The molecule has 140 valence electrons. The Balaban J connectivity index is 1.92. The third-order valence-electron chi connectivity index (χ3n) is 4.94. The summed E-state index contributed by atoms with van der Waals surface area (Å²) >= 11 is 0. The average Bonchev–Trinajstić information content (AvgIpc) is 2.61. The van der Waals surface area contributed by atoms with Gasteiger partial charge in [-0.25, -0.2) is 0 Å². The number of rotatable bonds is 8. The number of hydrogen-bond donors (Lipinski definition) is 1. The lowest BCUT2D eigenvalue weighted by Gasteiger charge is -2.29. The molecule has 0 saturated heterocycles. The Morgan fingerprint density at radius 2 is 1.65 bits per heavy atom. The molecule has 0 aliphatic carbocycles. The highest BCUT2D eigenvalue weighted by Crippen LogP contribution is 2.30. The van der Waals surface area contributed by atoms with Gasteiger partial charge in [0, 0.05) is 12.5 Å². The lowest BCUT2D eigenvalue weighted by Crippen LogP contribution is -2.37. The fourth-order valence-corrected chi connectivity index (χ4v) is 3.62. The third kappa shape index (κ3) is 5.35. The molecule has 26 heavy (non-hydrogen) atoms. The Hall–Kier alpha value is -2.29. The number of para-hydroxylation sites is 1. The monoisotopic (exact) mass is 353 g/mol. The fraction of sp³-hybridized carbons (Fsp3) is 0.435. The van der Waals surface area contributed by atoms with Gasteiger partial charge >= 0.3 is 0 Å². The molecule has 2 aromatic rings. The lowest BCUT2D eigenvalue weighted by atomic mass is 9.79. The molecule has 2 unspecified atom stereocenters. The van der Waals surface area contributed by atoms with Crippen LogP contribution in [-0.4, -0.2) is 19.1 Å². The molecule has 3 nitrogen and oxygen atoms in total. The zero-order chi connectivity index (χ0) is 19.2. The normalized spacial score (nSPS) is 13.7. The molecule has 1 amide bonds. The average molecular weight is 354 g/mol. The van der Waals surface area contributed by atoms with Crippen molar-refractivity contribution in [2.45, 2.75) is 57.9 Å². The van der Waals surface area contributed by atoms with Crippen LogP contribution in [0.2, 0.25) is 0 Å². The highest BCUT2D eigenvalue weighted by atomic mass is 16.5. The summed E-state index contributed by atoms with van der Waals surface area (Å²) in [5.41, 5.74) is 2.38. The van der Waals surface area contributed by atoms with Crippen molar-refractivity contribution >= 4 is 5.91 Å². The van der Waals surface area contributed by atoms with E-state index in [1.807, 2.05) is 30.3 Å². The van der Waals surface area contributed by atoms with Gasteiger partial charge in [-0.2, -0.15) is 0 Å². The number of benzene rings is 2. The smallest absolute Gasteiger partial charge is 0.220 e. The van der Waals surface area contributed by atoms with Crippen LogP contribution in [0.3, 0.4) is 0 Å². The van der Waals surface area contributed by atoms with Crippen LogP contribution in [0.25, 0.3) is 0 Å². The van der Waals surface area contributed by atoms with Crippen LogP contribution in [0, 0.1) is 0 Å². The van der Waals surface area contributed by atoms with Crippen molar-refractivity contribution in [1.29, 1.82) is 0 Å². The maximum atomic E-state index is 12.5. The van der Waals surface area contributed by atoms with Crippen LogP contribution in [0.5, 0.6) is 5.75 Å². The minimum Gasteiger partial charge on any atom is -0.496 e. The van der Waals surface area contributed by atoms with Gasteiger partial charge in [0.05, 0.1) is 7.11 Å². The largest absolute Gasteiger partial charge is 0.496 e. The van der Waals surface area contributed by atoms with E-state index in [1.54, 1.807) is 7.11 Å². The summed E-state index contributed by atoms with van der Waals surface area (Å²) in [5.74, 6) is 1.03. The van der Waals surface area contributed by atoms with E-state index in [9.17, 15) is 4.79 Å². The van der Waals surface area contributed by atoms with Crippen molar-refractivity contribution in [3.63, 3.8) is 0 Å². The van der Waals surface area contributed by atoms with E-state index < -0.39 is 0 Å². The molecular formula is C23H31NO2. The van der Waals surface area contributed by atoms with Crippen LogP contribution in [0.15, 0.2) is 54.6 Å². The summed E-state index contributed by atoms with van der Waals surface area (Å²) in [6.45, 7) is 8.59. The Kier molecular flexibility index (Phi) is 6.84. The molecule has 0 aromatic heterocycles. The Bertz CT molecular complexity index is 709. The maximum absolute atomic E-state index is 12.5. The predicted molar refractivity (Wildman–Crippen MR) is 108 cm³/mol. The van der Waals surface area contributed by atoms with Gasteiger partial charge in [-0.15, -0.1) is 0 Å². The summed E-state index contributed by atoms with van der Waals surface area (Å²) in [4.78, 5) is 12.5. The Morgan fingerprint density at radius 1 is 1.04 bits per heavy atom. The molecule has 2 atom stereocenters. The van der Waals surface area contributed by atoms with E-state index in [0.717, 1.165) is 17.7 Å². The first-order valence-electron chi connectivity index (χ1n) is 9.31. The highest BCUT2D eigenvalue weighted by Gasteiger charge is 2.24. The number of nitrogens with one attached hydrogen (secondary N) is 1. The van der Waals surface area contributed by atoms with Crippen LogP contribution in [0.1, 0.15) is 57.6 Å². The molecule has 0 aliphatic heterocycles. The maximum Gasteiger partial charge on any atom is 0.220 e. The van der Waals surface area contributed by atoms with E-state index in [4.69, 9.17) is 4.74 Å². The standard InChI is InChI=1S/C23H31NO2/c1-17(20-13-9-10-14-21(20)26-5)15-22(25)24-18(2)16-23(3,4)19-11-7-6-8-12-19/h6-14,17-18H,15-16H2,1-5H3,(H,24,25). The van der Waals surface area contributed by atoms with E-state index in [1.165, 1.54) is 5.56 Å². The zero-order valence-electron chi connectivity index (χ0n) is 16.6. The summed E-state index contributed by atoms with van der Waals surface area (Å²) in [5, 5.41) is 3.16. The van der Waals surface area contributed by atoms with Crippen molar-refractivity contribution in [2.24, 2.45) is 0 Å². The molecule has 0 bridgehead atoms. The van der Waals surface area contributed by atoms with E-state index in [-0.39, 0.29) is 23.3 Å². The summed E-state index contributed by atoms with van der Waals surface area (Å²) in [6, 6.07) is 18.5. The summed E-state index contributed by atoms with van der Waals surface area (Å²) in [6.07, 6.45) is 1.35. The van der Waals surface area contributed by atoms with Gasteiger partial charge in [0.1, 0.15) is 5.75 Å². The van der Waals surface area contributed by atoms with Crippen molar-refractivity contribution in [3.8, 4) is 5.75 Å². The number of carbonyl (C=O) groups is 1. The number of ether oxygens (including phenoxy) is 1. The van der Waals surface area contributed by atoms with Crippen LogP contribution in [-0.2, 0) is 10.2 Å². The topological polar surface area (TPSA) is 38.3 Å². The Labute approximate surface area is 157 Å². The molecule has 2 aromatic carbocycles. The van der Waals surface area contributed by atoms with Gasteiger partial charge in [0.2, 0.25) is 5.91 Å². The quantitative estimate of drug-likeness (QED) is 0.720. The zero-order valence-corrected chi connectivity index (χ0v) is 16.6. The second-order valence-electron chi connectivity index (χ2n) is 7.77. The summed E-state index contributed by atoms with van der Waals surface area (Å²) < 4.78 is 5.41. The minimum atomic E-state index is 0.0161. The SMILES string of the molecule is COc1ccccc1C(C)CC(=O)NC(C)CC(C)(C)c1ccccc1.